The summed E-state index contributed by atoms with van der Waals surface area (Å²) in [6.07, 6.45) is 12.7. The lowest BCUT2D eigenvalue weighted by atomic mass is 9.98. The SMILES string of the molecule is O=C(c1cccnc1)N1CCCCC1c1ccnc(Nc2cnccn2)n1. The molecule has 27 heavy (non-hydrogen) atoms. The molecule has 0 spiro atoms. The number of nitrogens with one attached hydrogen (secondary N) is 1. The Morgan fingerprint density at radius 2 is 1.96 bits per heavy atom. The van der Waals surface area contributed by atoms with E-state index in [1.807, 2.05) is 11.0 Å². The monoisotopic (exact) mass is 361 g/mol. The van der Waals surface area contributed by atoms with Crippen LogP contribution in [0, 0.1) is 0 Å². The van der Waals surface area contributed by atoms with Gasteiger partial charge in [-0.1, -0.05) is 0 Å². The summed E-state index contributed by atoms with van der Waals surface area (Å²) in [4.78, 5) is 36.0. The molecule has 3 aromatic heterocycles. The minimum atomic E-state index is -0.0862. The first-order chi connectivity index (χ1) is 13.3. The fourth-order valence-corrected chi connectivity index (χ4v) is 3.23. The molecule has 1 aliphatic rings. The van der Waals surface area contributed by atoms with Crippen LogP contribution in [0.3, 0.4) is 0 Å². The van der Waals surface area contributed by atoms with Crippen LogP contribution in [0.2, 0.25) is 0 Å². The summed E-state index contributed by atoms with van der Waals surface area (Å²) >= 11 is 0. The van der Waals surface area contributed by atoms with E-state index in [1.54, 1.807) is 49.3 Å². The lowest BCUT2D eigenvalue weighted by Crippen LogP contribution is -2.39. The van der Waals surface area contributed by atoms with Crippen molar-refractivity contribution >= 4 is 17.7 Å². The van der Waals surface area contributed by atoms with Gasteiger partial charge in [0.15, 0.2) is 5.82 Å². The van der Waals surface area contributed by atoms with E-state index in [9.17, 15) is 4.79 Å². The van der Waals surface area contributed by atoms with Crippen molar-refractivity contribution < 1.29 is 4.79 Å². The summed E-state index contributed by atoms with van der Waals surface area (Å²) in [5, 5.41) is 3.05. The second-order valence-electron chi connectivity index (χ2n) is 6.27. The number of likely N-dealkylation sites (tertiary alicyclic amines) is 1. The number of piperidine rings is 1. The molecular formula is C19H19N7O. The molecule has 0 saturated carbocycles. The number of hydrogen-bond donors (Lipinski definition) is 1. The number of amides is 1. The van der Waals surface area contributed by atoms with E-state index < -0.39 is 0 Å². The first-order valence-corrected chi connectivity index (χ1v) is 8.88. The highest BCUT2D eigenvalue weighted by Gasteiger charge is 2.30. The maximum Gasteiger partial charge on any atom is 0.255 e. The van der Waals surface area contributed by atoms with E-state index in [-0.39, 0.29) is 11.9 Å². The number of nitrogens with zero attached hydrogens (tertiary/aromatic N) is 6. The van der Waals surface area contributed by atoms with Crippen LogP contribution in [0.1, 0.15) is 41.4 Å². The van der Waals surface area contributed by atoms with Gasteiger partial charge in [-0.3, -0.25) is 14.8 Å². The number of anilines is 2. The molecular weight excluding hydrogens is 342 g/mol. The van der Waals surface area contributed by atoms with Crippen LogP contribution in [-0.2, 0) is 0 Å². The van der Waals surface area contributed by atoms with Crippen LogP contribution in [0.25, 0.3) is 0 Å². The molecule has 1 fully saturated rings. The Labute approximate surface area is 156 Å². The fourth-order valence-electron chi connectivity index (χ4n) is 3.23. The third-order valence-electron chi connectivity index (χ3n) is 4.49. The van der Waals surface area contributed by atoms with Crippen molar-refractivity contribution in [3.8, 4) is 0 Å². The predicted molar refractivity (Wildman–Crippen MR) is 99.2 cm³/mol. The standard InChI is InChI=1S/C19H19N7O/c27-18(14-4-3-7-20-12-14)26-11-2-1-5-16(26)15-6-8-23-19(24-15)25-17-13-21-9-10-22-17/h3-4,6-10,12-13,16H,1-2,5,11H2,(H,22,23,24,25). The normalized spacial score (nSPS) is 16.7. The number of rotatable bonds is 4. The summed E-state index contributed by atoms with van der Waals surface area (Å²) in [5.74, 6) is 0.990. The van der Waals surface area contributed by atoms with Crippen LogP contribution in [0.4, 0.5) is 11.8 Å². The molecule has 0 radical (unpaired) electrons. The smallest absolute Gasteiger partial charge is 0.255 e. The highest BCUT2D eigenvalue weighted by Crippen LogP contribution is 2.31. The fraction of sp³-hybridized carbons (Fsp3) is 0.263. The molecule has 1 atom stereocenters. The third-order valence-corrected chi connectivity index (χ3v) is 4.49. The second kappa shape index (κ2) is 7.86. The van der Waals surface area contributed by atoms with Crippen LogP contribution in [0.15, 0.2) is 55.4 Å². The van der Waals surface area contributed by atoms with Gasteiger partial charge < -0.3 is 10.2 Å². The topological polar surface area (TPSA) is 96.8 Å². The molecule has 0 bridgehead atoms. The molecule has 0 aromatic carbocycles. The van der Waals surface area contributed by atoms with E-state index in [0.29, 0.717) is 23.9 Å². The quantitative estimate of drug-likeness (QED) is 0.763. The number of hydrogen-bond acceptors (Lipinski definition) is 7. The van der Waals surface area contributed by atoms with Crippen molar-refractivity contribution in [1.82, 2.24) is 29.8 Å². The Morgan fingerprint density at radius 3 is 2.78 bits per heavy atom. The molecule has 1 N–H and O–H groups in total. The summed E-state index contributed by atoms with van der Waals surface area (Å²) < 4.78 is 0. The number of aromatic nitrogens is 5. The summed E-state index contributed by atoms with van der Waals surface area (Å²) in [6, 6.07) is 5.35. The maximum absolute atomic E-state index is 13.0. The summed E-state index contributed by atoms with van der Waals surface area (Å²) in [7, 11) is 0. The highest BCUT2D eigenvalue weighted by molar-refractivity contribution is 5.94. The first kappa shape index (κ1) is 17.0. The Hall–Kier alpha value is -3.42. The highest BCUT2D eigenvalue weighted by atomic mass is 16.2. The van der Waals surface area contributed by atoms with E-state index in [4.69, 9.17) is 0 Å². The van der Waals surface area contributed by atoms with E-state index >= 15 is 0 Å². The molecule has 136 valence electrons. The van der Waals surface area contributed by atoms with Crippen molar-refractivity contribution in [1.29, 1.82) is 0 Å². The van der Waals surface area contributed by atoms with Crippen molar-refractivity contribution in [2.24, 2.45) is 0 Å². The maximum atomic E-state index is 13.0. The van der Waals surface area contributed by atoms with Crippen molar-refractivity contribution in [3.63, 3.8) is 0 Å². The number of carbonyl (C=O) groups is 1. The zero-order valence-corrected chi connectivity index (χ0v) is 14.7. The average molecular weight is 361 g/mol. The molecule has 8 nitrogen and oxygen atoms in total. The van der Waals surface area contributed by atoms with Gasteiger partial charge in [0.25, 0.3) is 5.91 Å². The van der Waals surface area contributed by atoms with Crippen LogP contribution < -0.4 is 5.32 Å². The second-order valence-corrected chi connectivity index (χ2v) is 6.27. The Morgan fingerprint density at radius 1 is 1.04 bits per heavy atom. The van der Waals surface area contributed by atoms with Crippen molar-refractivity contribution in [3.05, 3.63) is 66.6 Å². The molecule has 4 rings (SSSR count). The van der Waals surface area contributed by atoms with E-state index in [1.165, 1.54) is 0 Å². The van der Waals surface area contributed by atoms with Crippen molar-refractivity contribution in [2.45, 2.75) is 25.3 Å². The molecule has 3 aromatic rings. The van der Waals surface area contributed by atoms with Gasteiger partial charge in [0.1, 0.15) is 0 Å². The number of carbonyl (C=O) groups excluding carboxylic acids is 1. The summed E-state index contributed by atoms with van der Waals surface area (Å²) in [6.45, 7) is 0.704. The third kappa shape index (κ3) is 3.89. The molecule has 1 amide bonds. The van der Waals surface area contributed by atoms with Gasteiger partial charge in [-0.05, 0) is 37.5 Å². The molecule has 1 unspecified atom stereocenters. The van der Waals surface area contributed by atoms with E-state index in [0.717, 1.165) is 25.0 Å². The van der Waals surface area contributed by atoms with Gasteiger partial charge in [-0.25, -0.2) is 15.0 Å². The zero-order chi connectivity index (χ0) is 18.5. The predicted octanol–water partition coefficient (Wildman–Crippen LogP) is 2.77. The lowest BCUT2D eigenvalue weighted by molar-refractivity contribution is 0.0605. The van der Waals surface area contributed by atoms with Crippen molar-refractivity contribution in [2.75, 3.05) is 11.9 Å². The molecule has 1 aliphatic heterocycles. The molecule has 8 heteroatoms. The minimum absolute atomic E-state index is 0.0187. The molecule has 0 aliphatic carbocycles. The van der Waals surface area contributed by atoms with Gasteiger partial charge in [-0.15, -0.1) is 0 Å². The van der Waals surface area contributed by atoms with Gasteiger partial charge in [-0.2, -0.15) is 0 Å². The van der Waals surface area contributed by atoms with Crippen LogP contribution >= 0.6 is 0 Å². The molecule has 4 heterocycles. The van der Waals surface area contributed by atoms with Gasteiger partial charge in [0.2, 0.25) is 5.95 Å². The lowest BCUT2D eigenvalue weighted by Gasteiger charge is -2.35. The van der Waals surface area contributed by atoms with Crippen LogP contribution in [0.5, 0.6) is 0 Å². The van der Waals surface area contributed by atoms with Gasteiger partial charge in [0.05, 0.1) is 23.5 Å². The first-order valence-electron chi connectivity index (χ1n) is 8.88. The minimum Gasteiger partial charge on any atom is -0.330 e. The van der Waals surface area contributed by atoms with Gasteiger partial charge in [0, 0.05) is 37.5 Å². The summed E-state index contributed by atoms with van der Waals surface area (Å²) in [5.41, 5.74) is 1.41. The van der Waals surface area contributed by atoms with Gasteiger partial charge >= 0.3 is 0 Å². The number of pyridine rings is 1. The largest absolute Gasteiger partial charge is 0.330 e. The average Bonchev–Trinajstić information content (AvgIpc) is 2.75. The molecule has 1 saturated heterocycles. The zero-order valence-electron chi connectivity index (χ0n) is 14.7. The Balaban J connectivity index is 1.58. The Bertz CT molecular complexity index is 904. The Kier molecular flexibility index (Phi) is 4.95. The van der Waals surface area contributed by atoms with E-state index in [2.05, 4.69) is 30.2 Å². The van der Waals surface area contributed by atoms with Crippen LogP contribution in [-0.4, -0.2) is 42.3 Å².